The molecule has 3 rings (SSSR count). The van der Waals surface area contributed by atoms with Gasteiger partial charge in [-0.2, -0.15) is 0 Å². The fourth-order valence-corrected chi connectivity index (χ4v) is 4.26. The second-order valence-corrected chi connectivity index (χ2v) is 9.40. The van der Waals surface area contributed by atoms with Crippen molar-refractivity contribution in [1.29, 1.82) is 0 Å². The van der Waals surface area contributed by atoms with Gasteiger partial charge in [0.05, 0.1) is 17.2 Å². The molecule has 0 fully saturated rings. The van der Waals surface area contributed by atoms with E-state index in [-0.39, 0.29) is 16.6 Å². The molecule has 3 N–H and O–H groups in total. The summed E-state index contributed by atoms with van der Waals surface area (Å²) in [5.41, 5.74) is 3.04. The van der Waals surface area contributed by atoms with Gasteiger partial charge in [0.25, 0.3) is 0 Å². The maximum absolute atomic E-state index is 12.5. The number of nitrogens with two attached hydrogens (primary N) is 1. The van der Waals surface area contributed by atoms with Gasteiger partial charge in [-0.05, 0) is 49.6 Å². The Bertz CT molecular complexity index is 1170. The number of nitrogens with one attached hydrogen (secondary N) is 1. The van der Waals surface area contributed by atoms with Crippen LogP contribution in [0.4, 0.5) is 5.69 Å². The Labute approximate surface area is 179 Å². The molecule has 0 spiro atoms. The van der Waals surface area contributed by atoms with Crippen molar-refractivity contribution in [3.63, 3.8) is 0 Å². The molecule has 0 saturated heterocycles. The van der Waals surface area contributed by atoms with Gasteiger partial charge >= 0.3 is 0 Å². The van der Waals surface area contributed by atoms with Crippen LogP contribution in [0, 0.1) is 20.8 Å². The van der Waals surface area contributed by atoms with Crippen molar-refractivity contribution in [2.45, 2.75) is 37.4 Å². The Hall–Kier alpha value is -2.69. The molecule has 0 saturated carbocycles. The molecule has 8 nitrogen and oxygen atoms in total. The van der Waals surface area contributed by atoms with Gasteiger partial charge in [0.15, 0.2) is 5.16 Å². The van der Waals surface area contributed by atoms with E-state index in [1.807, 2.05) is 48.7 Å². The number of primary sulfonamides is 1. The van der Waals surface area contributed by atoms with Crippen LogP contribution in [0.25, 0.3) is 0 Å². The molecule has 0 unspecified atom stereocenters. The highest BCUT2D eigenvalue weighted by Gasteiger charge is 2.16. The Kier molecular flexibility index (Phi) is 6.59. The lowest BCUT2D eigenvalue weighted by Crippen LogP contribution is -2.18. The summed E-state index contributed by atoms with van der Waals surface area (Å²) in [6.07, 6.45) is 0. The van der Waals surface area contributed by atoms with Crippen molar-refractivity contribution in [3.05, 3.63) is 65.0 Å². The fourth-order valence-electron chi connectivity index (χ4n) is 2.85. The third-order valence-corrected chi connectivity index (χ3v) is 6.52. The first-order valence-electron chi connectivity index (χ1n) is 9.15. The molecule has 3 aromatic rings. The molecule has 1 heterocycles. The minimum Gasteiger partial charge on any atom is -0.325 e. The van der Waals surface area contributed by atoms with E-state index in [4.69, 9.17) is 5.14 Å². The van der Waals surface area contributed by atoms with Gasteiger partial charge in [0.2, 0.25) is 15.9 Å². The number of benzene rings is 2. The summed E-state index contributed by atoms with van der Waals surface area (Å²) in [6.45, 7) is 6.05. The Balaban J connectivity index is 1.71. The van der Waals surface area contributed by atoms with Crippen LogP contribution in [0.3, 0.4) is 0 Å². The minimum atomic E-state index is -3.87. The second-order valence-electron chi connectivity index (χ2n) is 6.90. The molecule has 0 aliphatic rings. The quantitative estimate of drug-likeness (QED) is 0.540. The van der Waals surface area contributed by atoms with E-state index < -0.39 is 10.0 Å². The van der Waals surface area contributed by atoms with Crippen LogP contribution in [0.5, 0.6) is 0 Å². The summed E-state index contributed by atoms with van der Waals surface area (Å²) in [5.74, 6) is 0.584. The number of sulfonamides is 1. The molecule has 0 aliphatic carbocycles. The van der Waals surface area contributed by atoms with Crippen molar-refractivity contribution in [3.8, 4) is 0 Å². The predicted molar refractivity (Wildman–Crippen MR) is 117 cm³/mol. The monoisotopic (exact) mass is 445 g/mol. The number of hydrogen-bond donors (Lipinski definition) is 2. The third kappa shape index (κ3) is 5.26. The van der Waals surface area contributed by atoms with Crippen molar-refractivity contribution in [2.75, 3.05) is 11.1 Å². The second kappa shape index (κ2) is 8.99. The first-order chi connectivity index (χ1) is 14.1. The molecule has 0 bridgehead atoms. The van der Waals surface area contributed by atoms with Gasteiger partial charge in [0.1, 0.15) is 5.82 Å². The molecule has 1 amide bonds. The zero-order valence-electron chi connectivity index (χ0n) is 16.9. The van der Waals surface area contributed by atoms with Gasteiger partial charge in [-0.15, -0.1) is 10.2 Å². The maximum Gasteiger partial charge on any atom is 0.238 e. The van der Waals surface area contributed by atoms with E-state index in [9.17, 15) is 13.2 Å². The molecular weight excluding hydrogens is 422 g/mol. The Morgan fingerprint density at radius 2 is 1.83 bits per heavy atom. The number of anilines is 1. The van der Waals surface area contributed by atoms with Crippen LogP contribution >= 0.6 is 11.8 Å². The molecule has 1 aromatic heterocycles. The van der Waals surface area contributed by atoms with Gasteiger partial charge < -0.3 is 9.88 Å². The molecule has 2 aromatic carbocycles. The lowest BCUT2D eigenvalue weighted by molar-refractivity contribution is -0.113. The molecule has 0 aliphatic heterocycles. The Morgan fingerprint density at radius 1 is 1.13 bits per heavy atom. The predicted octanol–water partition coefficient (Wildman–Crippen LogP) is 2.63. The van der Waals surface area contributed by atoms with Gasteiger partial charge in [-0.1, -0.05) is 42.1 Å². The molecule has 0 radical (unpaired) electrons. The number of nitrogens with zero attached hydrogens (tertiary/aromatic N) is 3. The SMILES string of the molecule is Cc1cc(S(N)(=O)=O)cc(NC(=O)CSc2nnc(C)n2Cc2ccccc2)c1C. The van der Waals surface area contributed by atoms with Crippen LogP contribution < -0.4 is 10.5 Å². The van der Waals surface area contributed by atoms with Gasteiger partial charge in [-0.25, -0.2) is 13.6 Å². The molecule has 158 valence electrons. The average molecular weight is 446 g/mol. The number of amides is 1. The van der Waals surface area contributed by atoms with E-state index >= 15 is 0 Å². The van der Waals surface area contributed by atoms with Crippen molar-refractivity contribution >= 4 is 33.4 Å². The number of carbonyl (C=O) groups is 1. The number of carbonyl (C=O) groups excluding carboxylic acids is 1. The standard InChI is InChI=1S/C20H23N5O3S2/c1-13-9-17(30(21,27)28)10-18(14(13)2)22-19(26)12-29-20-24-23-15(3)25(20)11-16-7-5-4-6-8-16/h4-10H,11-12H2,1-3H3,(H,22,26)(H2,21,27,28). The van der Waals surface area contributed by atoms with Crippen molar-refractivity contribution < 1.29 is 13.2 Å². The summed E-state index contributed by atoms with van der Waals surface area (Å²) in [5, 5.41) is 16.9. The minimum absolute atomic E-state index is 0.0354. The normalized spacial score (nSPS) is 11.5. The van der Waals surface area contributed by atoms with Crippen LogP contribution in [0.1, 0.15) is 22.5 Å². The zero-order chi connectivity index (χ0) is 21.9. The molecule has 0 atom stereocenters. The summed E-state index contributed by atoms with van der Waals surface area (Å²) in [6, 6.07) is 12.8. The average Bonchev–Trinajstić information content (AvgIpc) is 3.03. The van der Waals surface area contributed by atoms with Crippen molar-refractivity contribution in [2.24, 2.45) is 5.14 Å². The van der Waals surface area contributed by atoms with E-state index in [2.05, 4.69) is 15.5 Å². The number of rotatable bonds is 7. The van der Waals surface area contributed by atoms with Crippen LogP contribution in [0.15, 0.2) is 52.5 Å². The number of aryl methyl sites for hydroxylation is 2. The number of thioether (sulfide) groups is 1. The summed E-state index contributed by atoms with van der Waals surface area (Å²) in [4.78, 5) is 12.5. The van der Waals surface area contributed by atoms with E-state index in [1.54, 1.807) is 6.92 Å². The number of hydrogen-bond acceptors (Lipinski definition) is 6. The van der Waals surface area contributed by atoms with E-state index in [1.165, 1.54) is 23.9 Å². The highest BCUT2D eigenvalue weighted by atomic mass is 32.2. The van der Waals surface area contributed by atoms with Crippen molar-refractivity contribution in [1.82, 2.24) is 14.8 Å². The Morgan fingerprint density at radius 3 is 2.50 bits per heavy atom. The number of aromatic nitrogens is 3. The van der Waals surface area contributed by atoms with Crippen LogP contribution in [0.2, 0.25) is 0 Å². The third-order valence-electron chi connectivity index (χ3n) is 4.66. The zero-order valence-corrected chi connectivity index (χ0v) is 18.5. The van der Waals surface area contributed by atoms with E-state index in [0.717, 1.165) is 22.5 Å². The maximum atomic E-state index is 12.5. The molecule has 30 heavy (non-hydrogen) atoms. The van der Waals surface area contributed by atoms with Crippen LogP contribution in [-0.2, 0) is 21.4 Å². The highest BCUT2D eigenvalue weighted by Crippen LogP contribution is 2.24. The lowest BCUT2D eigenvalue weighted by atomic mass is 10.1. The van der Waals surface area contributed by atoms with Gasteiger partial charge in [-0.3, -0.25) is 4.79 Å². The summed E-state index contributed by atoms with van der Waals surface area (Å²) < 4.78 is 25.3. The smallest absolute Gasteiger partial charge is 0.238 e. The summed E-state index contributed by atoms with van der Waals surface area (Å²) in [7, 11) is -3.87. The molecule has 10 heteroatoms. The highest BCUT2D eigenvalue weighted by molar-refractivity contribution is 7.99. The summed E-state index contributed by atoms with van der Waals surface area (Å²) >= 11 is 1.27. The van der Waals surface area contributed by atoms with Crippen LogP contribution in [-0.4, -0.2) is 34.8 Å². The fraction of sp³-hybridized carbons (Fsp3) is 0.250. The van der Waals surface area contributed by atoms with Gasteiger partial charge in [0, 0.05) is 5.69 Å². The first-order valence-corrected chi connectivity index (χ1v) is 11.7. The lowest BCUT2D eigenvalue weighted by Gasteiger charge is -2.13. The topological polar surface area (TPSA) is 120 Å². The molecular formula is C20H23N5O3S2. The largest absolute Gasteiger partial charge is 0.325 e. The van der Waals surface area contributed by atoms with E-state index in [0.29, 0.717) is 17.4 Å². The first kappa shape index (κ1) is 22.0.